The summed E-state index contributed by atoms with van der Waals surface area (Å²) in [5, 5.41) is 2.40. The van der Waals surface area contributed by atoms with Crippen molar-refractivity contribution in [2.75, 3.05) is 5.32 Å². The van der Waals surface area contributed by atoms with Gasteiger partial charge in [-0.1, -0.05) is 0 Å². The highest BCUT2D eigenvalue weighted by atomic mass is 16.2. The van der Waals surface area contributed by atoms with Gasteiger partial charge in [0.2, 0.25) is 0 Å². The zero-order valence-electron chi connectivity index (χ0n) is 10.6. The average molecular weight is 269 g/mol. The minimum Gasteiger partial charge on any atom is -0.351 e. The molecule has 3 N–H and O–H groups in total. The molecule has 0 fully saturated rings. The number of aryl methyl sites for hydroxylation is 1. The lowest BCUT2D eigenvalue weighted by atomic mass is 10.3. The second-order valence-corrected chi connectivity index (χ2v) is 4.21. The van der Waals surface area contributed by atoms with Gasteiger partial charge in [-0.3, -0.25) is 10.3 Å². The van der Waals surface area contributed by atoms with Crippen LogP contribution in [0.2, 0.25) is 0 Å². The number of hydrogen-bond acceptors (Lipinski definition) is 5. The van der Waals surface area contributed by atoms with Gasteiger partial charge in [0.25, 0.3) is 0 Å². The van der Waals surface area contributed by atoms with Gasteiger partial charge in [0, 0.05) is 13.2 Å². The lowest BCUT2D eigenvalue weighted by Gasteiger charge is -2.03. The van der Waals surface area contributed by atoms with Crippen LogP contribution in [0, 0.1) is 0 Å². The number of amides is 2. The third kappa shape index (κ3) is 2.26. The van der Waals surface area contributed by atoms with Crippen molar-refractivity contribution in [2.24, 2.45) is 12.8 Å². The molecule has 0 spiro atoms. The highest BCUT2D eigenvalue weighted by molar-refractivity contribution is 5.88. The highest BCUT2D eigenvalue weighted by Crippen LogP contribution is 2.17. The number of hydrogen-bond donors (Lipinski definition) is 2. The van der Waals surface area contributed by atoms with Crippen molar-refractivity contribution >= 4 is 23.0 Å². The summed E-state index contributed by atoms with van der Waals surface area (Å²) in [5.74, 6) is 0.331. The number of pyridine rings is 1. The van der Waals surface area contributed by atoms with Crippen LogP contribution in [0.4, 0.5) is 10.6 Å². The third-order valence-corrected chi connectivity index (χ3v) is 2.63. The van der Waals surface area contributed by atoms with Gasteiger partial charge in [-0.05, 0) is 12.1 Å². The van der Waals surface area contributed by atoms with Gasteiger partial charge in [-0.2, -0.15) is 0 Å². The smallest absolute Gasteiger partial charge is 0.317 e. The van der Waals surface area contributed by atoms with Crippen LogP contribution < -0.4 is 11.1 Å². The van der Waals surface area contributed by atoms with Gasteiger partial charge in [0.15, 0.2) is 5.65 Å². The number of rotatable bonds is 2. The third-order valence-electron chi connectivity index (χ3n) is 2.63. The number of anilines is 1. The van der Waals surface area contributed by atoms with E-state index >= 15 is 0 Å². The molecule has 3 rings (SSSR count). The first kappa shape index (κ1) is 12.0. The van der Waals surface area contributed by atoms with Crippen molar-refractivity contribution in [3.05, 3.63) is 30.9 Å². The SMILES string of the molecule is Cn1cnc(-c2cnc3ccc(NC(N)=O)nc3n2)c1. The zero-order valence-corrected chi connectivity index (χ0v) is 10.6. The van der Waals surface area contributed by atoms with Crippen LogP contribution >= 0.6 is 0 Å². The maximum absolute atomic E-state index is 10.8. The monoisotopic (exact) mass is 269 g/mol. The number of carbonyl (C=O) groups excluding carboxylic acids is 1. The minimum absolute atomic E-state index is 0.331. The molecule has 8 heteroatoms. The summed E-state index contributed by atoms with van der Waals surface area (Å²) in [4.78, 5) is 27.9. The quantitative estimate of drug-likeness (QED) is 0.718. The molecular formula is C12H11N7O. The number of nitrogens with zero attached hydrogens (tertiary/aromatic N) is 5. The van der Waals surface area contributed by atoms with Crippen LogP contribution in [-0.2, 0) is 7.05 Å². The van der Waals surface area contributed by atoms with E-state index in [1.165, 1.54) is 0 Å². The Morgan fingerprint density at radius 3 is 2.80 bits per heavy atom. The first-order valence-corrected chi connectivity index (χ1v) is 5.80. The second-order valence-electron chi connectivity index (χ2n) is 4.21. The Morgan fingerprint density at radius 2 is 2.10 bits per heavy atom. The van der Waals surface area contributed by atoms with Gasteiger partial charge < -0.3 is 10.3 Å². The van der Waals surface area contributed by atoms with E-state index in [9.17, 15) is 4.79 Å². The summed E-state index contributed by atoms with van der Waals surface area (Å²) in [6, 6.07) is 2.65. The van der Waals surface area contributed by atoms with E-state index in [4.69, 9.17) is 5.73 Å². The molecule has 0 aromatic carbocycles. The van der Waals surface area contributed by atoms with E-state index in [0.29, 0.717) is 28.4 Å². The van der Waals surface area contributed by atoms with Crippen LogP contribution in [-0.4, -0.2) is 30.5 Å². The molecule has 8 nitrogen and oxygen atoms in total. The van der Waals surface area contributed by atoms with E-state index in [2.05, 4.69) is 25.3 Å². The second kappa shape index (κ2) is 4.57. The molecule has 0 unspecified atom stereocenters. The predicted octanol–water partition coefficient (Wildman–Crippen LogP) is 0.916. The molecule has 3 aromatic heterocycles. The van der Waals surface area contributed by atoms with Crippen molar-refractivity contribution in [1.82, 2.24) is 24.5 Å². The number of carbonyl (C=O) groups is 1. The average Bonchev–Trinajstić information content (AvgIpc) is 2.84. The van der Waals surface area contributed by atoms with Crippen molar-refractivity contribution in [1.29, 1.82) is 0 Å². The number of imidazole rings is 1. The first-order chi connectivity index (χ1) is 9.61. The Morgan fingerprint density at radius 1 is 1.25 bits per heavy atom. The molecule has 3 heterocycles. The Hall–Kier alpha value is -3.03. The Kier molecular flexibility index (Phi) is 2.75. The maximum atomic E-state index is 10.8. The summed E-state index contributed by atoms with van der Waals surface area (Å²) in [7, 11) is 1.87. The topological polar surface area (TPSA) is 112 Å². The summed E-state index contributed by atoms with van der Waals surface area (Å²) in [6.45, 7) is 0. The molecule has 0 saturated carbocycles. The van der Waals surface area contributed by atoms with Crippen molar-refractivity contribution in [2.45, 2.75) is 0 Å². The summed E-state index contributed by atoms with van der Waals surface area (Å²) >= 11 is 0. The van der Waals surface area contributed by atoms with Crippen LogP contribution in [0.25, 0.3) is 22.6 Å². The van der Waals surface area contributed by atoms with Gasteiger partial charge >= 0.3 is 6.03 Å². The number of nitrogens with one attached hydrogen (secondary N) is 1. The molecular weight excluding hydrogens is 258 g/mol. The normalized spacial score (nSPS) is 10.7. The van der Waals surface area contributed by atoms with E-state index in [0.717, 1.165) is 0 Å². The molecule has 0 bridgehead atoms. The van der Waals surface area contributed by atoms with Crippen molar-refractivity contribution < 1.29 is 4.79 Å². The molecule has 0 radical (unpaired) electrons. The maximum Gasteiger partial charge on any atom is 0.317 e. The van der Waals surface area contributed by atoms with Crippen LogP contribution in [0.1, 0.15) is 0 Å². The highest BCUT2D eigenvalue weighted by Gasteiger charge is 2.07. The molecule has 100 valence electrons. The predicted molar refractivity (Wildman–Crippen MR) is 72.7 cm³/mol. The van der Waals surface area contributed by atoms with Crippen molar-refractivity contribution in [3.8, 4) is 11.4 Å². The fraction of sp³-hybridized carbons (Fsp3) is 0.0833. The molecule has 0 aliphatic carbocycles. The zero-order chi connectivity index (χ0) is 14.1. The molecule has 0 aliphatic heterocycles. The van der Waals surface area contributed by atoms with Crippen LogP contribution in [0.3, 0.4) is 0 Å². The minimum atomic E-state index is -0.675. The van der Waals surface area contributed by atoms with E-state index < -0.39 is 6.03 Å². The standard InChI is InChI=1S/C12H11N7O/c1-19-5-9(15-6-19)8-4-14-7-2-3-10(18-12(13)20)17-11(7)16-8/h2-6H,1H3,(H3,13,16,17,18,20). The van der Waals surface area contributed by atoms with Gasteiger partial charge in [-0.15, -0.1) is 0 Å². The first-order valence-electron chi connectivity index (χ1n) is 5.80. The van der Waals surface area contributed by atoms with Gasteiger partial charge in [0.05, 0.1) is 12.5 Å². The van der Waals surface area contributed by atoms with E-state index in [1.807, 2.05) is 17.8 Å². The number of aromatic nitrogens is 5. The van der Waals surface area contributed by atoms with E-state index in [1.54, 1.807) is 24.7 Å². The Bertz CT molecular complexity index is 795. The number of fused-ring (bicyclic) bond motifs is 1. The summed E-state index contributed by atoms with van der Waals surface area (Å²) < 4.78 is 1.82. The Labute approximate surface area is 113 Å². The van der Waals surface area contributed by atoms with Crippen LogP contribution in [0.15, 0.2) is 30.9 Å². The lowest BCUT2D eigenvalue weighted by Crippen LogP contribution is -2.20. The summed E-state index contributed by atoms with van der Waals surface area (Å²) in [6.07, 6.45) is 5.15. The fourth-order valence-electron chi connectivity index (χ4n) is 1.76. The lowest BCUT2D eigenvalue weighted by molar-refractivity contribution is 0.259. The van der Waals surface area contributed by atoms with Crippen LogP contribution in [0.5, 0.6) is 0 Å². The number of urea groups is 1. The molecule has 3 aromatic rings. The molecule has 0 aliphatic rings. The largest absolute Gasteiger partial charge is 0.351 e. The molecule has 2 amide bonds. The molecule has 0 atom stereocenters. The summed E-state index contributed by atoms with van der Waals surface area (Å²) in [5.41, 5.74) is 7.41. The van der Waals surface area contributed by atoms with Crippen molar-refractivity contribution in [3.63, 3.8) is 0 Å². The van der Waals surface area contributed by atoms with Gasteiger partial charge in [-0.25, -0.2) is 19.7 Å². The number of nitrogens with two attached hydrogens (primary N) is 1. The molecule has 20 heavy (non-hydrogen) atoms. The van der Waals surface area contributed by atoms with E-state index in [-0.39, 0.29) is 0 Å². The number of primary amides is 1. The molecule has 0 saturated heterocycles. The Balaban J connectivity index is 2.06. The fourth-order valence-corrected chi connectivity index (χ4v) is 1.76. The van der Waals surface area contributed by atoms with Gasteiger partial charge in [0.1, 0.15) is 22.7 Å².